The van der Waals surface area contributed by atoms with Crippen LogP contribution >= 0.6 is 11.3 Å². The number of hydrogen-bond acceptors (Lipinski definition) is 7. The molecule has 0 aliphatic heterocycles. The van der Waals surface area contributed by atoms with Gasteiger partial charge in [-0.2, -0.15) is 5.26 Å². The van der Waals surface area contributed by atoms with E-state index in [0.717, 1.165) is 70.3 Å². The van der Waals surface area contributed by atoms with Crippen LogP contribution in [0.15, 0.2) is 10.1 Å². The second-order valence-corrected chi connectivity index (χ2v) is 12.0. The molecular weight excluding hydrogens is 484 g/mol. The third kappa shape index (κ3) is 4.75. The summed E-state index contributed by atoms with van der Waals surface area (Å²) in [5, 5.41) is 25.7. The monoisotopic (exact) mass is 515 g/mol. The van der Waals surface area contributed by atoms with Gasteiger partial charge in [0.2, 0.25) is 5.92 Å². The second kappa shape index (κ2) is 9.30. The number of nitrogens with zero attached hydrogens (tertiary/aromatic N) is 3. The largest absolute Gasteiger partial charge is 0.383 e. The van der Waals surface area contributed by atoms with Crippen molar-refractivity contribution in [2.45, 2.75) is 113 Å². The number of rotatable bonds is 6. The summed E-state index contributed by atoms with van der Waals surface area (Å²) in [6.45, 7) is 0.383. The van der Waals surface area contributed by atoms with Gasteiger partial charge in [-0.1, -0.05) is 5.16 Å². The lowest BCUT2D eigenvalue weighted by molar-refractivity contribution is -0.0646. The molecule has 0 radical (unpaired) electrons. The van der Waals surface area contributed by atoms with Crippen LogP contribution in [0.5, 0.6) is 0 Å². The topological polar surface area (TPSA) is 92.2 Å². The maximum absolute atomic E-state index is 13.7. The van der Waals surface area contributed by atoms with Crippen LogP contribution in [-0.4, -0.2) is 27.3 Å². The summed E-state index contributed by atoms with van der Waals surface area (Å²) in [6.07, 6.45) is 8.75. The fourth-order valence-electron chi connectivity index (χ4n) is 5.86. The van der Waals surface area contributed by atoms with Crippen LogP contribution in [0, 0.1) is 11.3 Å². The molecule has 4 aliphatic rings. The van der Waals surface area contributed by atoms with Gasteiger partial charge >= 0.3 is 0 Å². The van der Waals surface area contributed by atoms with Crippen molar-refractivity contribution in [2.24, 2.45) is 0 Å². The van der Waals surface area contributed by atoms with E-state index in [4.69, 9.17) is 14.2 Å². The van der Waals surface area contributed by atoms with Gasteiger partial charge in [0.25, 0.3) is 0 Å². The Morgan fingerprint density at radius 3 is 2.53 bits per heavy atom. The van der Waals surface area contributed by atoms with Crippen LogP contribution in [0.1, 0.15) is 115 Å². The minimum absolute atomic E-state index is 0.00228. The minimum Gasteiger partial charge on any atom is -0.383 e. The first kappa shape index (κ1) is 24.2. The Morgan fingerprint density at radius 2 is 1.83 bits per heavy atom. The molecule has 0 atom stereocenters. The smallest absolute Gasteiger partial charge is 0.248 e. The van der Waals surface area contributed by atoms with E-state index in [2.05, 4.69) is 11.2 Å². The Bertz CT molecular complexity index is 1190. The molecule has 1 N–H and O–H groups in total. The van der Waals surface area contributed by atoms with E-state index in [1.54, 1.807) is 0 Å². The Balaban J connectivity index is 1.10. The van der Waals surface area contributed by atoms with Crippen LogP contribution in [0.3, 0.4) is 0 Å². The fourth-order valence-corrected chi connectivity index (χ4v) is 7.08. The third-order valence-corrected chi connectivity index (χ3v) is 9.57. The Hall–Kier alpha value is -2.15. The van der Waals surface area contributed by atoms with Crippen LogP contribution in [0.4, 0.5) is 8.78 Å². The predicted molar refractivity (Wildman–Crippen MR) is 130 cm³/mol. The summed E-state index contributed by atoms with van der Waals surface area (Å²) in [4.78, 5) is 5.73. The molecule has 0 amide bonds. The van der Waals surface area contributed by atoms with Crippen LogP contribution in [0.2, 0.25) is 0 Å². The van der Waals surface area contributed by atoms with Crippen molar-refractivity contribution >= 4 is 17.4 Å². The van der Waals surface area contributed by atoms with Gasteiger partial charge in [0.15, 0.2) is 0 Å². The highest BCUT2D eigenvalue weighted by Crippen LogP contribution is 2.47. The number of halogens is 2. The Labute approximate surface area is 213 Å². The van der Waals surface area contributed by atoms with Crippen molar-refractivity contribution < 1.29 is 23.1 Å². The number of aromatic nitrogens is 2. The molecule has 4 aliphatic carbocycles. The average Bonchev–Trinajstić information content (AvgIpc) is 3.48. The van der Waals surface area contributed by atoms with Crippen LogP contribution < -0.4 is 0 Å². The molecule has 0 saturated heterocycles. The normalized spacial score (nSPS) is 28.4. The first-order valence-electron chi connectivity index (χ1n) is 13.1. The maximum Gasteiger partial charge on any atom is 0.248 e. The zero-order valence-corrected chi connectivity index (χ0v) is 21.1. The zero-order valence-electron chi connectivity index (χ0n) is 20.3. The number of alkyl halides is 2. The van der Waals surface area contributed by atoms with Crippen molar-refractivity contribution in [3.63, 3.8) is 0 Å². The molecule has 0 bridgehead atoms. The zero-order chi connectivity index (χ0) is 24.9. The first-order chi connectivity index (χ1) is 17.3. The lowest BCUT2D eigenvalue weighted by Crippen LogP contribution is -2.34. The lowest BCUT2D eigenvalue weighted by atomic mass is 9.83. The predicted octanol–water partition coefficient (Wildman–Crippen LogP) is 6.50. The molecule has 0 unspecified atom stereocenters. The molecule has 2 heterocycles. The van der Waals surface area contributed by atoms with Gasteiger partial charge in [-0.25, -0.2) is 13.8 Å². The highest BCUT2D eigenvalue weighted by atomic mass is 32.1. The first-order valence-corrected chi connectivity index (χ1v) is 14.0. The van der Waals surface area contributed by atoms with Gasteiger partial charge < -0.3 is 14.4 Å². The molecule has 192 valence electrons. The van der Waals surface area contributed by atoms with Crippen molar-refractivity contribution in [2.75, 3.05) is 0 Å². The Kier molecular flexibility index (Phi) is 6.25. The summed E-state index contributed by atoms with van der Waals surface area (Å²) in [5.74, 6) is -1.31. The number of ether oxygens (including phenoxy) is 1. The number of fused-ring (bicyclic) bond motifs is 1. The van der Waals surface area contributed by atoms with Crippen molar-refractivity contribution in [1.82, 2.24) is 10.1 Å². The number of allylic oxidation sites excluding steroid dienone is 1. The van der Waals surface area contributed by atoms with Crippen molar-refractivity contribution in [3.8, 4) is 6.07 Å². The quantitative estimate of drug-likeness (QED) is 0.472. The van der Waals surface area contributed by atoms with Gasteiger partial charge in [-0.3, -0.25) is 0 Å². The van der Waals surface area contributed by atoms with E-state index in [0.29, 0.717) is 44.6 Å². The molecule has 2 aromatic heterocycles. The molecule has 2 aromatic rings. The number of hydrogen-bond donors (Lipinski definition) is 1. The van der Waals surface area contributed by atoms with Crippen LogP contribution in [0.25, 0.3) is 6.08 Å². The molecule has 3 saturated carbocycles. The number of nitriles is 1. The molecule has 3 fully saturated rings. The number of aryl methyl sites for hydroxylation is 1. The van der Waals surface area contributed by atoms with Gasteiger partial charge in [-0.15, -0.1) is 11.3 Å². The SMILES string of the molecule is N#CC1=Cc2sc(C3(O)CCC(OCc4c(C5CCC(F)(F)CC5)noc4C4CC4)CC3)nc2CC1. The maximum atomic E-state index is 13.7. The van der Waals surface area contributed by atoms with Gasteiger partial charge in [0.05, 0.1) is 35.0 Å². The lowest BCUT2D eigenvalue weighted by Gasteiger charge is -2.34. The molecule has 36 heavy (non-hydrogen) atoms. The standard InChI is InChI=1S/C27H31F2N3O3S/c28-27(29)11-5-17(6-12-27)23-20(24(35-32-23)18-2-3-18)15-34-19-7-9-26(33,10-8-19)25-31-21-4-1-16(14-30)13-22(21)36-25/h13,17-19,33H,1-12,15H2. The summed E-state index contributed by atoms with van der Waals surface area (Å²) in [5.41, 5.74) is 2.58. The highest BCUT2D eigenvalue weighted by molar-refractivity contribution is 7.12. The van der Waals surface area contributed by atoms with Gasteiger partial charge in [-0.05, 0) is 70.3 Å². The summed E-state index contributed by atoms with van der Waals surface area (Å²) in [7, 11) is 0. The van der Waals surface area contributed by atoms with E-state index >= 15 is 0 Å². The summed E-state index contributed by atoms with van der Waals surface area (Å²) in [6, 6.07) is 2.23. The number of thiazole rings is 1. The van der Waals surface area contributed by atoms with E-state index in [9.17, 15) is 19.1 Å². The summed E-state index contributed by atoms with van der Waals surface area (Å²) >= 11 is 1.50. The second-order valence-electron chi connectivity index (χ2n) is 11.0. The van der Waals surface area contributed by atoms with Crippen molar-refractivity contribution in [3.05, 3.63) is 38.2 Å². The third-order valence-electron chi connectivity index (χ3n) is 8.33. The van der Waals surface area contributed by atoms with E-state index in [1.165, 1.54) is 11.3 Å². The van der Waals surface area contributed by atoms with Crippen molar-refractivity contribution in [1.29, 1.82) is 5.26 Å². The molecular formula is C27H31F2N3O3S. The van der Waals surface area contributed by atoms with E-state index in [1.807, 2.05) is 6.08 Å². The minimum atomic E-state index is -2.57. The average molecular weight is 516 g/mol. The van der Waals surface area contributed by atoms with E-state index < -0.39 is 11.5 Å². The molecule has 6 nitrogen and oxygen atoms in total. The van der Waals surface area contributed by atoms with Crippen LogP contribution in [-0.2, 0) is 23.4 Å². The molecule has 0 aromatic carbocycles. The number of aliphatic hydroxyl groups is 1. The van der Waals surface area contributed by atoms with Gasteiger partial charge in [0, 0.05) is 35.8 Å². The fraction of sp³-hybridized carbons (Fsp3) is 0.667. The molecule has 0 spiro atoms. The molecule has 9 heteroatoms. The summed E-state index contributed by atoms with van der Waals surface area (Å²) < 4.78 is 39.5. The molecule has 6 rings (SSSR count). The van der Waals surface area contributed by atoms with E-state index in [-0.39, 0.29) is 24.9 Å². The Morgan fingerprint density at radius 1 is 1.08 bits per heavy atom. The highest BCUT2D eigenvalue weighted by Gasteiger charge is 2.41. The van der Waals surface area contributed by atoms with Gasteiger partial charge in [0.1, 0.15) is 16.4 Å².